The number of nitrogens with one attached hydrogen (secondary N) is 1. The van der Waals surface area contributed by atoms with Crippen molar-refractivity contribution in [2.24, 2.45) is 5.41 Å². The van der Waals surface area contributed by atoms with Gasteiger partial charge in [-0.25, -0.2) is 0 Å². The SMILES string of the molecule is CC1CCCCN1CCNC(=O)C(C)(C)C#N. The number of carbonyl (C=O) groups excluding carboxylic acids is 1. The number of rotatable bonds is 4. The van der Waals surface area contributed by atoms with E-state index in [1.165, 1.54) is 19.3 Å². The fourth-order valence-electron chi connectivity index (χ4n) is 2.07. The van der Waals surface area contributed by atoms with Crippen molar-refractivity contribution in [1.82, 2.24) is 10.2 Å². The number of hydrogen-bond acceptors (Lipinski definition) is 3. The number of nitriles is 1. The summed E-state index contributed by atoms with van der Waals surface area (Å²) in [5.41, 5.74) is -0.923. The minimum atomic E-state index is -0.923. The molecule has 1 heterocycles. The first-order valence-electron chi connectivity index (χ1n) is 6.41. The third-order valence-electron chi connectivity index (χ3n) is 3.47. The first-order chi connectivity index (χ1) is 7.97. The quantitative estimate of drug-likeness (QED) is 0.806. The van der Waals surface area contributed by atoms with Gasteiger partial charge in [0.05, 0.1) is 6.07 Å². The second-order valence-electron chi connectivity index (χ2n) is 5.37. The Labute approximate surface area is 104 Å². The van der Waals surface area contributed by atoms with Gasteiger partial charge in [-0.2, -0.15) is 5.26 Å². The smallest absolute Gasteiger partial charge is 0.239 e. The van der Waals surface area contributed by atoms with Crippen molar-refractivity contribution < 1.29 is 4.79 Å². The molecule has 0 aromatic heterocycles. The molecule has 1 N–H and O–H groups in total. The van der Waals surface area contributed by atoms with Crippen LogP contribution in [-0.2, 0) is 4.79 Å². The minimum absolute atomic E-state index is 0.176. The minimum Gasteiger partial charge on any atom is -0.353 e. The number of likely N-dealkylation sites (tertiary alicyclic amines) is 1. The molecule has 1 rings (SSSR count). The molecule has 1 unspecified atom stereocenters. The molecule has 1 fully saturated rings. The fourth-order valence-corrected chi connectivity index (χ4v) is 2.07. The number of hydrogen-bond donors (Lipinski definition) is 1. The van der Waals surface area contributed by atoms with Crippen molar-refractivity contribution in [3.05, 3.63) is 0 Å². The van der Waals surface area contributed by atoms with Gasteiger partial charge >= 0.3 is 0 Å². The van der Waals surface area contributed by atoms with Crippen LogP contribution in [0.5, 0.6) is 0 Å². The van der Waals surface area contributed by atoms with Gasteiger partial charge < -0.3 is 5.32 Å². The molecule has 96 valence electrons. The van der Waals surface area contributed by atoms with Crippen LogP contribution in [0.2, 0.25) is 0 Å². The standard InChI is InChI=1S/C13H23N3O/c1-11-6-4-5-8-16(11)9-7-15-12(17)13(2,3)10-14/h11H,4-9H2,1-3H3,(H,15,17). The third-order valence-corrected chi connectivity index (χ3v) is 3.47. The second kappa shape index (κ2) is 6.02. The molecule has 1 atom stereocenters. The Hall–Kier alpha value is -1.08. The summed E-state index contributed by atoms with van der Waals surface area (Å²) in [4.78, 5) is 14.1. The molecule has 0 aromatic rings. The number of nitrogens with zero attached hydrogens (tertiary/aromatic N) is 2. The van der Waals surface area contributed by atoms with Gasteiger partial charge in [0.2, 0.25) is 5.91 Å². The molecule has 0 aliphatic carbocycles. The van der Waals surface area contributed by atoms with Crippen molar-refractivity contribution in [3.63, 3.8) is 0 Å². The Balaban J connectivity index is 2.28. The van der Waals surface area contributed by atoms with Crippen LogP contribution in [0.15, 0.2) is 0 Å². The number of carbonyl (C=O) groups is 1. The van der Waals surface area contributed by atoms with E-state index in [0.29, 0.717) is 12.6 Å². The third kappa shape index (κ3) is 4.01. The fraction of sp³-hybridized carbons (Fsp3) is 0.846. The zero-order valence-electron chi connectivity index (χ0n) is 11.1. The monoisotopic (exact) mass is 237 g/mol. The molecular formula is C13H23N3O. The molecule has 4 nitrogen and oxygen atoms in total. The van der Waals surface area contributed by atoms with Crippen LogP contribution >= 0.6 is 0 Å². The van der Waals surface area contributed by atoms with Crippen LogP contribution in [-0.4, -0.2) is 36.5 Å². The zero-order chi connectivity index (χ0) is 12.9. The van der Waals surface area contributed by atoms with E-state index in [9.17, 15) is 4.79 Å². The Morgan fingerprint density at radius 3 is 2.82 bits per heavy atom. The first-order valence-corrected chi connectivity index (χ1v) is 6.41. The Morgan fingerprint density at radius 2 is 2.24 bits per heavy atom. The highest BCUT2D eigenvalue weighted by molar-refractivity contribution is 5.84. The molecule has 0 aromatic carbocycles. The lowest BCUT2D eigenvalue weighted by molar-refractivity contribution is -0.126. The maximum absolute atomic E-state index is 11.7. The van der Waals surface area contributed by atoms with Gasteiger partial charge in [0, 0.05) is 19.1 Å². The molecule has 1 saturated heterocycles. The van der Waals surface area contributed by atoms with Gasteiger partial charge in [-0.1, -0.05) is 6.42 Å². The largest absolute Gasteiger partial charge is 0.353 e. The normalized spacial score (nSPS) is 21.9. The summed E-state index contributed by atoms with van der Waals surface area (Å²) in [5, 5.41) is 11.7. The van der Waals surface area contributed by atoms with Crippen LogP contribution < -0.4 is 5.32 Å². The predicted octanol–water partition coefficient (Wildman–Crippen LogP) is 1.53. The maximum Gasteiger partial charge on any atom is 0.239 e. The molecule has 4 heteroatoms. The highest BCUT2D eigenvalue weighted by atomic mass is 16.2. The van der Waals surface area contributed by atoms with E-state index < -0.39 is 5.41 Å². The van der Waals surface area contributed by atoms with Gasteiger partial charge in [0.1, 0.15) is 5.41 Å². The van der Waals surface area contributed by atoms with E-state index in [1.807, 2.05) is 6.07 Å². The maximum atomic E-state index is 11.7. The lowest BCUT2D eigenvalue weighted by Crippen LogP contribution is -2.44. The molecule has 1 aliphatic rings. The highest BCUT2D eigenvalue weighted by Gasteiger charge is 2.27. The molecule has 0 saturated carbocycles. The van der Waals surface area contributed by atoms with Crippen molar-refractivity contribution in [3.8, 4) is 6.07 Å². The van der Waals surface area contributed by atoms with Gasteiger partial charge in [0.25, 0.3) is 0 Å². The summed E-state index contributed by atoms with van der Waals surface area (Å²) >= 11 is 0. The van der Waals surface area contributed by atoms with Crippen molar-refractivity contribution in [2.45, 2.75) is 46.1 Å². The predicted molar refractivity (Wildman–Crippen MR) is 67.3 cm³/mol. The molecule has 1 amide bonds. The van der Waals surface area contributed by atoms with E-state index in [4.69, 9.17) is 5.26 Å². The van der Waals surface area contributed by atoms with Gasteiger partial charge in [-0.3, -0.25) is 9.69 Å². The van der Waals surface area contributed by atoms with Crippen LogP contribution in [0.4, 0.5) is 0 Å². The van der Waals surface area contributed by atoms with E-state index in [0.717, 1.165) is 13.1 Å². The molecule has 0 spiro atoms. The lowest BCUT2D eigenvalue weighted by atomic mass is 9.95. The second-order valence-corrected chi connectivity index (χ2v) is 5.37. The average molecular weight is 237 g/mol. The van der Waals surface area contributed by atoms with Crippen LogP contribution in [0.1, 0.15) is 40.0 Å². The average Bonchev–Trinajstić information content (AvgIpc) is 2.31. The van der Waals surface area contributed by atoms with Gasteiger partial charge in [-0.05, 0) is 40.2 Å². The van der Waals surface area contributed by atoms with Crippen LogP contribution in [0, 0.1) is 16.7 Å². The molecular weight excluding hydrogens is 214 g/mol. The summed E-state index contributed by atoms with van der Waals surface area (Å²) < 4.78 is 0. The lowest BCUT2D eigenvalue weighted by Gasteiger charge is -2.33. The van der Waals surface area contributed by atoms with E-state index in [-0.39, 0.29) is 5.91 Å². The number of piperidine rings is 1. The van der Waals surface area contributed by atoms with E-state index in [2.05, 4.69) is 17.1 Å². The van der Waals surface area contributed by atoms with Gasteiger partial charge in [-0.15, -0.1) is 0 Å². The van der Waals surface area contributed by atoms with E-state index in [1.54, 1.807) is 13.8 Å². The Morgan fingerprint density at radius 1 is 1.53 bits per heavy atom. The Kier molecular flexibility index (Phi) is 4.95. The van der Waals surface area contributed by atoms with Gasteiger partial charge in [0.15, 0.2) is 0 Å². The summed E-state index contributed by atoms with van der Waals surface area (Å²) in [6, 6.07) is 2.63. The van der Waals surface area contributed by atoms with Crippen molar-refractivity contribution >= 4 is 5.91 Å². The molecule has 0 radical (unpaired) electrons. The summed E-state index contributed by atoms with van der Waals surface area (Å²) in [6.45, 7) is 8.17. The first kappa shape index (κ1) is 14.0. The number of amides is 1. The van der Waals surface area contributed by atoms with Crippen LogP contribution in [0.3, 0.4) is 0 Å². The summed E-state index contributed by atoms with van der Waals surface area (Å²) in [6.07, 6.45) is 3.81. The van der Waals surface area contributed by atoms with Crippen molar-refractivity contribution in [2.75, 3.05) is 19.6 Å². The van der Waals surface area contributed by atoms with E-state index >= 15 is 0 Å². The Bertz CT molecular complexity index is 306. The molecule has 1 aliphatic heterocycles. The summed E-state index contributed by atoms with van der Waals surface area (Å²) in [5.74, 6) is -0.176. The van der Waals surface area contributed by atoms with Crippen molar-refractivity contribution in [1.29, 1.82) is 5.26 Å². The highest BCUT2D eigenvalue weighted by Crippen LogP contribution is 2.16. The molecule has 17 heavy (non-hydrogen) atoms. The zero-order valence-corrected chi connectivity index (χ0v) is 11.1. The molecule has 0 bridgehead atoms. The summed E-state index contributed by atoms with van der Waals surface area (Å²) in [7, 11) is 0. The van der Waals surface area contributed by atoms with Crippen LogP contribution in [0.25, 0.3) is 0 Å². The topological polar surface area (TPSA) is 56.1 Å².